The molecule has 0 aliphatic heterocycles. The summed E-state index contributed by atoms with van der Waals surface area (Å²) in [5.41, 5.74) is 2.04. The average molecular weight is 233 g/mol. The zero-order chi connectivity index (χ0) is 12.8. The van der Waals surface area contributed by atoms with E-state index in [2.05, 4.69) is 23.9 Å². The monoisotopic (exact) mass is 233 g/mol. The molecule has 0 saturated heterocycles. The van der Waals surface area contributed by atoms with Crippen LogP contribution in [-0.2, 0) is 17.9 Å². The van der Waals surface area contributed by atoms with E-state index in [1.807, 2.05) is 17.7 Å². The third-order valence-electron chi connectivity index (χ3n) is 2.40. The van der Waals surface area contributed by atoms with E-state index in [4.69, 9.17) is 0 Å². The van der Waals surface area contributed by atoms with Crippen molar-refractivity contribution in [1.29, 1.82) is 0 Å². The lowest BCUT2D eigenvalue weighted by Crippen LogP contribution is -2.26. The summed E-state index contributed by atoms with van der Waals surface area (Å²) in [5.74, 6) is 4.99. The van der Waals surface area contributed by atoms with E-state index < -0.39 is 0 Å². The van der Waals surface area contributed by atoms with Crippen LogP contribution in [0.15, 0.2) is 6.07 Å². The summed E-state index contributed by atoms with van der Waals surface area (Å²) >= 11 is 0. The van der Waals surface area contributed by atoms with Crippen molar-refractivity contribution in [3.63, 3.8) is 0 Å². The van der Waals surface area contributed by atoms with E-state index >= 15 is 0 Å². The van der Waals surface area contributed by atoms with Gasteiger partial charge in [-0.15, -0.1) is 0 Å². The quantitative estimate of drug-likeness (QED) is 0.741. The Hall–Kier alpha value is -1.76. The first-order valence-corrected chi connectivity index (χ1v) is 5.79. The smallest absolute Gasteiger partial charge is 0.298 e. The van der Waals surface area contributed by atoms with Gasteiger partial charge in [-0.05, 0) is 32.3 Å². The van der Waals surface area contributed by atoms with Crippen LogP contribution in [0.25, 0.3) is 0 Å². The lowest BCUT2D eigenvalue weighted by atomic mass is 10.3. The van der Waals surface area contributed by atoms with Crippen LogP contribution < -0.4 is 0 Å². The van der Waals surface area contributed by atoms with Crippen molar-refractivity contribution >= 4 is 5.91 Å². The molecule has 0 spiro atoms. The summed E-state index contributed by atoms with van der Waals surface area (Å²) in [4.78, 5) is 13.2. The SMILES string of the molecule is CC#CC(=O)N(C)Cc1cc(C)nn1CCC. The Kier molecular flexibility index (Phi) is 4.77. The van der Waals surface area contributed by atoms with Gasteiger partial charge in [-0.2, -0.15) is 5.10 Å². The van der Waals surface area contributed by atoms with Crippen LogP contribution in [0.4, 0.5) is 0 Å². The van der Waals surface area contributed by atoms with Gasteiger partial charge in [0, 0.05) is 13.6 Å². The van der Waals surface area contributed by atoms with Crippen molar-refractivity contribution in [3.05, 3.63) is 17.5 Å². The molecule has 1 rings (SSSR count). The van der Waals surface area contributed by atoms with Crippen LogP contribution >= 0.6 is 0 Å². The molecule has 17 heavy (non-hydrogen) atoms. The molecule has 92 valence electrons. The fraction of sp³-hybridized carbons (Fsp3) is 0.538. The van der Waals surface area contributed by atoms with Crippen LogP contribution in [0.2, 0.25) is 0 Å². The predicted molar refractivity (Wildman–Crippen MR) is 67.2 cm³/mol. The molecular weight excluding hydrogens is 214 g/mol. The number of amides is 1. The van der Waals surface area contributed by atoms with Gasteiger partial charge in [0.15, 0.2) is 0 Å². The van der Waals surface area contributed by atoms with Gasteiger partial charge in [0.25, 0.3) is 5.91 Å². The minimum atomic E-state index is -0.158. The van der Waals surface area contributed by atoms with E-state index in [1.165, 1.54) is 0 Å². The predicted octanol–water partition coefficient (Wildman–Crippen LogP) is 1.58. The van der Waals surface area contributed by atoms with Gasteiger partial charge < -0.3 is 4.90 Å². The zero-order valence-electron chi connectivity index (χ0n) is 10.9. The number of aryl methyl sites for hydroxylation is 2. The van der Waals surface area contributed by atoms with Gasteiger partial charge in [-0.1, -0.05) is 12.8 Å². The lowest BCUT2D eigenvalue weighted by Gasteiger charge is -2.14. The molecule has 0 unspecified atom stereocenters. The van der Waals surface area contributed by atoms with Crippen molar-refractivity contribution in [1.82, 2.24) is 14.7 Å². The topological polar surface area (TPSA) is 38.1 Å². The van der Waals surface area contributed by atoms with Gasteiger partial charge in [0.2, 0.25) is 0 Å². The Morgan fingerprint density at radius 2 is 2.29 bits per heavy atom. The maximum Gasteiger partial charge on any atom is 0.298 e. The van der Waals surface area contributed by atoms with Crippen LogP contribution in [0.5, 0.6) is 0 Å². The van der Waals surface area contributed by atoms with E-state index in [0.717, 1.165) is 24.4 Å². The second kappa shape index (κ2) is 6.09. The molecule has 0 fully saturated rings. The Labute approximate surface area is 103 Å². The fourth-order valence-corrected chi connectivity index (χ4v) is 1.65. The number of rotatable bonds is 4. The molecule has 0 bridgehead atoms. The molecular formula is C13H19N3O. The lowest BCUT2D eigenvalue weighted by molar-refractivity contribution is -0.124. The van der Waals surface area contributed by atoms with Crippen molar-refractivity contribution in [3.8, 4) is 11.8 Å². The highest BCUT2D eigenvalue weighted by molar-refractivity contribution is 5.93. The molecule has 1 aromatic rings. The first-order chi connectivity index (χ1) is 8.08. The van der Waals surface area contributed by atoms with E-state index in [9.17, 15) is 4.79 Å². The molecule has 0 aliphatic carbocycles. The molecule has 4 heteroatoms. The maximum absolute atomic E-state index is 11.5. The van der Waals surface area contributed by atoms with Gasteiger partial charge in [0.05, 0.1) is 17.9 Å². The Morgan fingerprint density at radius 3 is 2.88 bits per heavy atom. The molecule has 0 saturated carbocycles. The van der Waals surface area contributed by atoms with Gasteiger partial charge >= 0.3 is 0 Å². The third kappa shape index (κ3) is 3.63. The van der Waals surface area contributed by atoms with E-state index in [1.54, 1.807) is 18.9 Å². The number of hydrogen-bond donors (Lipinski definition) is 0. The highest BCUT2D eigenvalue weighted by Crippen LogP contribution is 2.07. The fourth-order valence-electron chi connectivity index (χ4n) is 1.65. The average Bonchev–Trinajstić information content (AvgIpc) is 2.60. The van der Waals surface area contributed by atoms with Crippen LogP contribution in [0, 0.1) is 18.8 Å². The van der Waals surface area contributed by atoms with Crippen molar-refractivity contribution in [2.24, 2.45) is 0 Å². The number of hydrogen-bond acceptors (Lipinski definition) is 2. The summed E-state index contributed by atoms with van der Waals surface area (Å²) in [6.07, 6.45) is 1.03. The number of nitrogens with zero attached hydrogens (tertiary/aromatic N) is 3. The largest absolute Gasteiger partial charge is 0.329 e. The Morgan fingerprint density at radius 1 is 1.59 bits per heavy atom. The highest BCUT2D eigenvalue weighted by Gasteiger charge is 2.10. The molecule has 1 amide bonds. The molecule has 0 atom stereocenters. The highest BCUT2D eigenvalue weighted by atomic mass is 16.2. The standard InChI is InChI=1S/C13H19N3O/c1-5-7-13(17)15(4)10-12-9-11(3)14-16(12)8-6-2/h9H,6,8,10H2,1-4H3. The molecule has 0 radical (unpaired) electrons. The first kappa shape index (κ1) is 13.3. The Balaban J connectivity index is 2.78. The third-order valence-corrected chi connectivity index (χ3v) is 2.40. The second-order valence-corrected chi connectivity index (χ2v) is 4.04. The zero-order valence-corrected chi connectivity index (χ0v) is 10.9. The van der Waals surface area contributed by atoms with Crippen molar-refractivity contribution in [2.75, 3.05) is 7.05 Å². The van der Waals surface area contributed by atoms with Crippen LogP contribution in [0.3, 0.4) is 0 Å². The minimum Gasteiger partial charge on any atom is -0.329 e. The van der Waals surface area contributed by atoms with E-state index in [-0.39, 0.29) is 5.91 Å². The first-order valence-electron chi connectivity index (χ1n) is 5.79. The number of carbonyl (C=O) groups is 1. The van der Waals surface area contributed by atoms with Gasteiger partial charge in [0.1, 0.15) is 0 Å². The van der Waals surface area contributed by atoms with Crippen molar-refractivity contribution < 1.29 is 4.79 Å². The number of aromatic nitrogens is 2. The van der Waals surface area contributed by atoms with Crippen LogP contribution in [-0.4, -0.2) is 27.6 Å². The van der Waals surface area contributed by atoms with Crippen LogP contribution in [0.1, 0.15) is 31.7 Å². The van der Waals surface area contributed by atoms with E-state index in [0.29, 0.717) is 6.54 Å². The van der Waals surface area contributed by atoms with Crippen molar-refractivity contribution in [2.45, 2.75) is 40.3 Å². The summed E-state index contributed by atoms with van der Waals surface area (Å²) in [6, 6.07) is 2.01. The maximum atomic E-state index is 11.5. The summed E-state index contributed by atoms with van der Waals surface area (Å²) < 4.78 is 1.96. The molecule has 4 nitrogen and oxygen atoms in total. The van der Waals surface area contributed by atoms with Gasteiger partial charge in [-0.3, -0.25) is 9.48 Å². The molecule has 0 aliphatic rings. The number of carbonyl (C=O) groups excluding carboxylic acids is 1. The summed E-state index contributed by atoms with van der Waals surface area (Å²) in [6.45, 7) is 7.16. The summed E-state index contributed by atoms with van der Waals surface area (Å²) in [5, 5.41) is 4.40. The normalized spacial score (nSPS) is 9.65. The second-order valence-electron chi connectivity index (χ2n) is 4.04. The molecule has 0 aromatic carbocycles. The minimum absolute atomic E-state index is 0.158. The summed E-state index contributed by atoms with van der Waals surface area (Å²) in [7, 11) is 1.76. The molecule has 1 aromatic heterocycles. The Bertz CT molecular complexity index is 451. The molecule has 1 heterocycles. The van der Waals surface area contributed by atoms with Gasteiger partial charge in [-0.25, -0.2) is 0 Å². The molecule has 0 N–H and O–H groups in total.